The van der Waals surface area contributed by atoms with Crippen molar-refractivity contribution in [3.8, 4) is 5.75 Å². The molecule has 3 aromatic rings. The summed E-state index contributed by atoms with van der Waals surface area (Å²) in [5.74, 6) is -0.358. The molecule has 1 aromatic carbocycles. The number of carbonyl (C=O) groups excluding carboxylic acids is 2. The monoisotopic (exact) mass is 454 g/mol. The second-order valence-corrected chi connectivity index (χ2v) is 7.14. The van der Waals surface area contributed by atoms with Gasteiger partial charge in [0.25, 0.3) is 0 Å². The Bertz CT molecular complexity index is 1010. The van der Waals surface area contributed by atoms with Crippen LogP contribution in [-0.4, -0.2) is 34.9 Å². The Morgan fingerprint density at radius 2 is 2.23 bits per heavy atom. The Hall–Kier alpha value is -2.16. The second kappa shape index (κ2) is 8.03. The van der Waals surface area contributed by atoms with Crippen molar-refractivity contribution in [1.82, 2.24) is 9.38 Å². The third-order valence-electron chi connectivity index (χ3n) is 3.45. The standard InChI is InChI=1S/C17H12BrClN2O4S/c1-24-14-4-2-10(8-11(14)18)13(22)9-25-15(23)5-3-12-16(19)20-17-21(12)6-7-26-17/h2-8H,9H2,1H3. The van der Waals surface area contributed by atoms with Crippen molar-refractivity contribution in [2.45, 2.75) is 0 Å². The first-order valence-electron chi connectivity index (χ1n) is 7.32. The highest BCUT2D eigenvalue weighted by Gasteiger charge is 2.12. The van der Waals surface area contributed by atoms with E-state index < -0.39 is 5.97 Å². The summed E-state index contributed by atoms with van der Waals surface area (Å²) in [5.41, 5.74) is 0.985. The maximum absolute atomic E-state index is 12.1. The minimum Gasteiger partial charge on any atom is -0.496 e. The lowest BCUT2D eigenvalue weighted by Crippen LogP contribution is -2.12. The molecule has 0 N–H and O–H groups in total. The Kier molecular flexibility index (Phi) is 5.75. The maximum atomic E-state index is 12.1. The van der Waals surface area contributed by atoms with Crippen LogP contribution in [-0.2, 0) is 9.53 Å². The Balaban J connectivity index is 1.61. The number of methoxy groups -OCH3 is 1. The van der Waals surface area contributed by atoms with Gasteiger partial charge in [0.15, 0.2) is 22.5 Å². The highest BCUT2D eigenvalue weighted by Crippen LogP contribution is 2.26. The number of fused-ring (bicyclic) bond motifs is 1. The van der Waals surface area contributed by atoms with Crippen molar-refractivity contribution in [2.75, 3.05) is 13.7 Å². The molecule has 0 atom stereocenters. The van der Waals surface area contributed by atoms with E-state index in [4.69, 9.17) is 21.1 Å². The zero-order chi connectivity index (χ0) is 18.7. The summed E-state index contributed by atoms with van der Waals surface area (Å²) in [5, 5.41) is 2.15. The SMILES string of the molecule is COc1ccc(C(=O)COC(=O)C=Cc2c(Cl)nc3sccn23)cc1Br. The zero-order valence-corrected chi connectivity index (χ0v) is 16.6. The molecule has 0 saturated carbocycles. The molecule has 0 unspecified atom stereocenters. The smallest absolute Gasteiger partial charge is 0.331 e. The molecule has 134 valence electrons. The molecule has 26 heavy (non-hydrogen) atoms. The molecule has 0 fully saturated rings. The van der Waals surface area contributed by atoms with Crippen molar-refractivity contribution in [2.24, 2.45) is 0 Å². The van der Waals surface area contributed by atoms with Crippen LogP contribution in [0.15, 0.2) is 40.3 Å². The van der Waals surface area contributed by atoms with Gasteiger partial charge in [-0.1, -0.05) is 11.6 Å². The molecule has 3 rings (SSSR count). The van der Waals surface area contributed by atoms with Crippen molar-refractivity contribution in [3.05, 3.63) is 56.7 Å². The summed E-state index contributed by atoms with van der Waals surface area (Å²) in [6, 6.07) is 4.88. The number of ketones is 1. The predicted octanol–water partition coefficient (Wildman–Crippen LogP) is 4.26. The fourth-order valence-electron chi connectivity index (χ4n) is 2.18. The van der Waals surface area contributed by atoms with Gasteiger partial charge >= 0.3 is 5.97 Å². The number of nitrogens with zero attached hydrogens (tertiary/aromatic N) is 2. The second-order valence-electron chi connectivity index (χ2n) is 5.06. The van der Waals surface area contributed by atoms with Crippen LogP contribution in [0.3, 0.4) is 0 Å². The molecular weight excluding hydrogens is 444 g/mol. The molecule has 9 heteroatoms. The largest absolute Gasteiger partial charge is 0.496 e. The van der Waals surface area contributed by atoms with Crippen molar-refractivity contribution < 1.29 is 19.1 Å². The molecule has 0 amide bonds. The summed E-state index contributed by atoms with van der Waals surface area (Å²) in [6.07, 6.45) is 4.52. The number of rotatable bonds is 6. The normalized spacial score (nSPS) is 11.2. The van der Waals surface area contributed by atoms with Crippen molar-refractivity contribution >= 4 is 61.7 Å². The topological polar surface area (TPSA) is 69.9 Å². The van der Waals surface area contributed by atoms with Crippen molar-refractivity contribution in [3.63, 3.8) is 0 Å². The first-order valence-corrected chi connectivity index (χ1v) is 9.37. The molecule has 0 saturated heterocycles. The Morgan fingerprint density at radius 1 is 1.42 bits per heavy atom. The molecule has 2 aromatic heterocycles. The van der Waals surface area contributed by atoms with Crippen LogP contribution in [0.5, 0.6) is 5.75 Å². The highest BCUT2D eigenvalue weighted by atomic mass is 79.9. The Labute approximate surface area is 166 Å². The highest BCUT2D eigenvalue weighted by molar-refractivity contribution is 9.10. The lowest BCUT2D eigenvalue weighted by molar-refractivity contribution is -0.136. The Morgan fingerprint density at radius 3 is 2.96 bits per heavy atom. The molecule has 0 aliphatic heterocycles. The van der Waals surface area contributed by atoms with E-state index in [1.165, 1.54) is 30.6 Å². The number of thiazole rings is 1. The van der Waals surface area contributed by atoms with Crippen LogP contribution in [0.4, 0.5) is 0 Å². The molecule has 0 aliphatic carbocycles. The van der Waals surface area contributed by atoms with E-state index in [-0.39, 0.29) is 12.4 Å². The maximum Gasteiger partial charge on any atom is 0.331 e. The number of carbonyl (C=O) groups is 2. The number of Topliss-reactive ketones (excluding diaryl/α,β-unsaturated/α-hetero) is 1. The van der Waals surface area contributed by atoms with Gasteiger partial charge in [0.2, 0.25) is 0 Å². The zero-order valence-electron chi connectivity index (χ0n) is 13.4. The van der Waals surface area contributed by atoms with E-state index in [9.17, 15) is 9.59 Å². The average molecular weight is 456 g/mol. The summed E-state index contributed by atoms with van der Waals surface area (Å²) >= 11 is 10.8. The van der Waals surface area contributed by atoms with E-state index in [0.717, 1.165) is 4.96 Å². The van der Waals surface area contributed by atoms with Crippen molar-refractivity contribution in [1.29, 1.82) is 0 Å². The van der Waals surface area contributed by atoms with E-state index in [1.54, 1.807) is 28.8 Å². The lowest BCUT2D eigenvalue weighted by atomic mass is 10.1. The van der Waals surface area contributed by atoms with Gasteiger partial charge in [-0.25, -0.2) is 9.78 Å². The predicted molar refractivity (Wildman–Crippen MR) is 103 cm³/mol. The summed E-state index contributed by atoms with van der Waals surface area (Å²) in [6.45, 7) is -0.365. The molecule has 0 aliphatic rings. The van der Waals surface area contributed by atoms with Gasteiger partial charge < -0.3 is 9.47 Å². The van der Waals surface area contributed by atoms with Crippen LogP contribution in [0.2, 0.25) is 5.15 Å². The number of halogens is 2. The molecule has 6 nitrogen and oxygen atoms in total. The minimum atomic E-state index is -0.646. The number of esters is 1. The molecular formula is C17H12BrClN2O4S. The number of hydrogen-bond donors (Lipinski definition) is 0. The first kappa shape index (κ1) is 18.6. The van der Waals surface area contributed by atoms with Gasteiger partial charge in [-0.05, 0) is 40.2 Å². The van der Waals surface area contributed by atoms with Crippen LogP contribution < -0.4 is 4.74 Å². The van der Waals surface area contributed by atoms with Crippen LogP contribution in [0.25, 0.3) is 11.0 Å². The van der Waals surface area contributed by atoms with Gasteiger partial charge in [-0.3, -0.25) is 9.20 Å². The minimum absolute atomic E-state index is 0.292. The number of hydrogen-bond acceptors (Lipinski definition) is 6. The number of benzene rings is 1. The quantitative estimate of drug-likeness (QED) is 0.315. The lowest BCUT2D eigenvalue weighted by Gasteiger charge is -2.06. The van der Waals surface area contributed by atoms with Gasteiger partial charge in [0, 0.05) is 23.2 Å². The fourth-order valence-corrected chi connectivity index (χ4v) is 3.73. The van der Waals surface area contributed by atoms with Gasteiger partial charge in [0.05, 0.1) is 17.3 Å². The first-order chi connectivity index (χ1) is 12.5. The van der Waals surface area contributed by atoms with Gasteiger partial charge in [-0.2, -0.15) is 0 Å². The number of ether oxygens (including phenoxy) is 2. The third-order valence-corrected chi connectivity index (χ3v) is 5.11. The van der Waals surface area contributed by atoms with Gasteiger partial charge in [-0.15, -0.1) is 11.3 Å². The molecule has 0 radical (unpaired) electrons. The van der Waals surface area contributed by atoms with E-state index in [2.05, 4.69) is 20.9 Å². The summed E-state index contributed by atoms with van der Waals surface area (Å²) in [4.78, 5) is 28.9. The molecule has 0 bridgehead atoms. The molecule has 0 spiro atoms. The summed E-state index contributed by atoms with van der Waals surface area (Å²) in [7, 11) is 1.53. The van der Waals surface area contributed by atoms with E-state index in [0.29, 0.717) is 26.6 Å². The fraction of sp³-hybridized carbons (Fsp3) is 0.118. The molecule has 2 heterocycles. The van der Waals surface area contributed by atoms with Crippen LogP contribution in [0.1, 0.15) is 16.1 Å². The number of imidazole rings is 1. The average Bonchev–Trinajstić information content (AvgIpc) is 3.18. The van der Waals surface area contributed by atoms with Crippen LogP contribution >= 0.6 is 38.9 Å². The van der Waals surface area contributed by atoms with Gasteiger partial charge in [0.1, 0.15) is 5.75 Å². The van der Waals surface area contributed by atoms with E-state index in [1.807, 2.05) is 5.38 Å². The van der Waals surface area contributed by atoms with E-state index >= 15 is 0 Å². The van der Waals surface area contributed by atoms with Crippen LogP contribution in [0, 0.1) is 0 Å². The third kappa shape index (κ3) is 3.98. The number of aromatic nitrogens is 2. The summed E-state index contributed by atoms with van der Waals surface area (Å²) < 4.78 is 12.5.